The van der Waals surface area contributed by atoms with Gasteiger partial charge in [0.05, 0.1) is 0 Å². The van der Waals surface area contributed by atoms with E-state index in [2.05, 4.69) is 10.2 Å². The van der Waals surface area contributed by atoms with Gasteiger partial charge < -0.3 is 0 Å². The summed E-state index contributed by atoms with van der Waals surface area (Å²) < 4.78 is 37.3. The molecule has 0 spiro atoms. The lowest BCUT2D eigenvalue weighted by Gasteiger charge is -2.18. The first-order valence-electron chi connectivity index (χ1n) is 4.62. The quantitative estimate of drug-likeness (QED) is 0.691. The minimum Gasteiger partial charge on any atom is -0.282 e. The molecule has 78 valence electrons. The number of rotatable bonds is 0. The Labute approximate surface area is 79.5 Å². The van der Waals surface area contributed by atoms with Gasteiger partial charge in [0.2, 0.25) is 0 Å². The maximum absolute atomic E-state index is 12.4. The van der Waals surface area contributed by atoms with Crippen molar-refractivity contribution in [3.8, 4) is 0 Å². The first-order chi connectivity index (χ1) is 6.48. The lowest BCUT2D eigenvalue weighted by atomic mass is 9.88. The minimum absolute atomic E-state index is 0.371. The topological polar surface area (TPSA) is 28.7 Å². The first kappa shape index (κ1) is 9.55. The Bertz CT molecular complexity index is 340. The molecule has 0 unspecified atom stereocenters. The molecule has 1 aromatic rings. The van der Waals surface area contributed by atoms with Gasteiger partial charge in [-0.1, -0.05) is 6.92 Å². The van der Waals surface area contributed by atoms with Gasteiger partial charge in [0.25, 0.3) is 0 Å². The molecule has 1 aliphatic rings. The lowest BCUT2D eigenvalue weighted by molar-refractivity contribution is -0.141. The molecular formula is C9H11F3N2. The summed E-state index contributed by atoms with van der Waals surface area (Å²) >= 11 is 0. The Morgan fingerprint density at radius 2 is 2.14 bits per heavy atom. The van der Waals surface area contributed by atoms with E-state index in [1.54, 1.807) is 0 Å². The van der Waals surface area contributed by atoms with Crippen molar-refractivity contribution in [2.75, 3.05) is 0 Å². The van der Waals surface area contributed by atoms with Gasteiger partial charge in [-0.05, 0) is 25.2 Å². The molecule has 0 amide bonds. The van der Waals surface area contributed by atoms with Crippen LogP contribution in [-0.4, -0.2) is 10.2 Å². The van der Waals surface area contributed by atoms with Crippen LogP contribution in [0.5, 0.6) is 0 Å². The highest BCUT2D eigenvalue weighted by molar-refractivity contribution is 5.29. The second kappa shape index (κ2) is 3.00. The fourth-order valence-electron chi connectivity index (χ4n) is 1.92. The number of aromatic nitrogens is 2. The maximum atomic E-state index is 12.4. The van der Waals surface area contributed by atoms with Gasteiger partial charge in [0, 0.05) is 11.3 Å². The molecule has 2 rings (SSSR count). The number of alkyl halides is 3. The Hall–Kier alpha value is -1.00. The van der Waals surface area contributed by atoms with Gasteiger partial charge in [-0.15, -0.1) is 0 Å². The maximum Gasteiger partial charge on any atom is 0.435 e. The van der Waals surface area contributed by atoms with Gasteiger partial charge >= 0.3 is 6.18 Å². The number of aromatic amines is 1. The molecule has 1 aliphatic carbocycles. The van der Waals surface area contributed by atoms with E-state index in [1.807, 2.05) is 6.92 Å². The molecule has 1 heterocycles. The van der Waals surface area contributed by atoms with Crippen molar-refractivity contribution in [1.82, 2.24) is 10.2 Å². The van der Waals surface area contributed by atoms with Crippen molar-refractivity contribution < 1.29 is 13.2 Å². The first-order valence-corrected chi connectivity index (χ1v) is 4.62. The van der Waals surface area contributed by atoms with Gasteiger partial charge in [0.15, 0.2) is 5.69 Å². The highest BCUT2D eigenvalue weighted by atomic mass is 19.4. The predicted octanol–water partition coefficient (Wildman–Crippen LogP) is 2.55. The van der Waals surface area contributed by atoms with E-state index in [1.165, 1.54) is 0 Å². The van der Waals surface area contributed by atoms with Crippen LogP contribution in [0.4, 0.5) is 13.2 Å². The van der Waals surface area contributed by atoms with Crippen LogP contribution in [0.3, 0.4) is 0 Å². The van der Waals surface area contributed by atoms with Crippen molar-refractivity contribution in [2.24, 2.45) is 5.92 Å². The molecule has 5 heteroatoms. The Morgan fingerprint density at radius 1 is 1.43 bits per heavy atom. The third kappa shape index (κ3) is 1.51. The fraction of sp³-hybridized carbons (Fsp3) is 0.667. The number of hydrogen-bond acceptors (Lipinski definition) is 1. The van der Waals surface area contributed by atoms with Crippen molar-refractivity contribution in [3.05, 3.63) is 17.0 Å². The average Bonchev–Trinajstić information content (AvgIpc) is 2.45. The molecule has 1 atom stereocenters. The minimum atomic E-state index is -4.31. The molecule has 0 fully saturated rings. The summed E-state index contributed by atoms with van der Waals surface area (Å²) in [6.45, 7) is 2.04. The van der Waals surface area contributed by atoms with Crippen molar-refractivity contribution >= 4 is 0 Å². The van der Waals surface area contributed by atoms with Crippen LogP contribution in [0, 0.1) is 5.92 Å². The zero-order valence-corrected chi connectivity index (χ0v) is 7.78. The van der Waals surface area contributed by atoms with Crippen LogP contribution in [-0.2, 0) is 19.0 Å². The van der Waals surface area contributed by atoms with E-state index >= 15 is 0 Å². The molecule has 14 heavy (non-hydrogen) atoms. The van der Waals surface area contributed by atoms with Crippen LogP contribution < -0.4 is 0 Å². The fourth-order valence-corrected chi connectivity index (χ4v) is 1.92. The SMILES string of the molecule is C[C@H]1CCc2c(C(F)(F)F)n[nH]c2C1. The standard InChI is InChI=1S/C9H11F3N2/c1-5-2-3-6-7(4-5)13-14-8(6)9(10,11)12/h5H,2-4H2,1H3,(H,13,14)/t5-/m0/s1. The Balaban J connectivity index is 2.38. The summed E-state index contributed by atoms with van der Waals surface area (Å²) in [5.41, 5.74) is 0.311. The summed E-state index contributed by atoms with van der Waals surface area (Å²) in [7, 11) is 0. The highest BCUT2D eigenvalue weighted by Gasteiger charge is 2.38. The molecule has 1 aromatic heterocycles. The van der Waals surface area contributed by atoms with E-state index in [-0.39, 0.29) is 0 Å². The largest absolute Gasteiger partial charge is 0.435 e. The van der Waals surface area contributed by atoms with Crippen LogP contribution >= 0.6 is 0 Å². The van der Waals surface area contributed by atoms with E-state index in [4.69, 9.17) is 0 Å². The molecule has 2 nitrogen and oxygen atoms in total. The second-order valence-corrected chi connectivity index (χ2v) is 3.88. The zero-order valence-electron chi connectivity index (χ0n) is 7.78. The third-order valence-corrected chi connectivity index (χ3v) is 2.66. The molecule has 0 saturated carbocycles. The number of hydrogen-bond donors (Lipinski definition) is 1. The van der Waals surface area contributed by atoms with Crippen LogP contribution in [0.1, 0.15) is 30.3 Å². The molecule has 0 aromatic carbocycles. The summed E-state index contributed by atoms with van der Waals surface area (Å²) in [6, 6.07) is 0. The Kier molecular flexibility index (Phi) is 2.05. The molecule has 0 radical (unpaired) electrons. The molecule has 0 aliphatic heterocycles. The van der Waals surface area contributed by atoms with Crippen molar-refractivity contribution in [2.45, 2.75) is 32.4 Å². The van der Waals surface area contributed by atoms with Gasteiger partial charge in [-0.2, -0.15) is 18.3 Å². The molecular weight excluding hydrogens is 193 g/mol. The van der Waals surface area contributed by atoms with Gasteiger partial charge in [0.1, 0.15) is 0 Å². The zero-order chi connectivity index (χ0) is 10.3. The number of nitrogens with one attached hydrogen (secondary N) is 1. The van der Waals surface area contributed by atoms with Crippen molar-refractivity contribution in [1.29, 1.82) is 0 Å². The number of nitrogens with zero attached hydrogens (tertiary/aromatic N) is 1. The van der Waals surface area contributed by atoms with E-state index in [0.29, 0.717) is 30.0 Å². The second-order valence-electron chi connectivity index (χ2n) is 3.88. The van der Waals surface area contributed by atoms with Crippen LogP contribution in [0.25, 0.3) is 0 Å². The number of halogens is 3. The van der Waals surface area contributed by atoms with Crippen LogP contribution in [0.15, 0.2) is 0 Å². The predicted molar refractivity (Wildman–Crippen MR) is 44.8 cm³/mol. The summed E-state index contributed by atoms with van der Waals surface area (Å²) in [5, 5.41) is 5.85. The molecule has 1 N–H and O–H groups in total. The van der Waals surface area contributed by atoms with E-state index in [9.17, 15) is 13.2 Å². The van der Waals surface area contributed by atoms with E-state index in [0.717, 1.165) is 6.42 Å². The van der Waals surface area contributed by atoms with Crippen LogP contribution in [0.2, 0.25) is 0 Å². The monoisotopic (exact) mass is 204 g/mol. The normalized spacial score (nSPS) is 22.1. The highest BCUT2D eigenvalue weighted by Crippen LogP contribution is 2.35. The van der Waals surface area contributed by atoms with Gasteiger partial charge in [-0.3, -0.25) is 5.10 Å². The summed E-state index contributed by atoms with van der Waals surface area (Å²) in [6.07, 6.45) is -2.33. The third-order valence-electron chi connectivity index (χ3n) is 2.66. The number of H-pyrrole nitrogens is 1. The molecule has 0 saturated heterocycles. The molecule has 0 bridgehead atoms. The van der Waals surface area contributed by atoms with E-state index < -0.39 is 11.9 Å². The van der Waals surface area contributed by atoms with Gasteiger partial charge in [-0.25, -0.2) is 0 Å². The summed E-state index contributed by atoms with van der Waals surface area (Å²) in [4.78, 5) is 0. The van der Waals surface area contributed by atoms with Crippen molar-refractivity contribution in [3.63, 3.8) is 0 Å². The smallest absolute Gasteiger partial charge is 0.282 e. The number of fused-ring (bicyclic) bond motifs is 1. The average molecular weight is 204 g/mol. The Morgan fingerprint density at radius 3 is 2.79 bits per heavy atom. The summed E-state index contributed by atoms with van der Waals surface area (Å²) in [5.74, 6) is 0.448. The lowest BCUT2D eigenvalue weighted by Crippen LogP contribution is -2.14.